The molecule has 1 heterocycles. The number of hydrogen-bond donors (Lipinski definition) is 1. The number of carboxylic acid groups (broad SMARTS) is 1. The summed E-state index contributed by atoms with van der Waals surface area (Å²) in [5.41, 5.74) is -0.150. The molecule has 0 atom stereocenters. The molecule has 92 valence electrons. The lowest BCUT2D eigenvalue weighted by Crippen LogP contribution is -2.02. The molecular weight excluding hydrogens is 323 g/mol. The van der Waals surface area contributed by atoms with Gasteiger partial charge in [-0.1, -0.05) is 27.5 Å². The molecule has 18 heavy (non-hydrogen) atoms. The van der Waals surface area contributed by atoms with E-state index in [-0.39, 0.29) is 11.6 Å². The van der Waals surface area contributed by atoms with Crippen LogP contribution in [0.3, 0.4) is 0 Å². The van der Waals surface area contributed by atoms with E-state index in [0.29, 0.717) is 10.8 Å². The van der Waals surface area contributed by atoms with Crippen LogP contribution in [0.1, 0.15) is 10.5 Å². The Bertz CT molecular complexity index is 589. The molecule has 0 fully saturated rings. The quantitative estimate of drug-likeness (QED) is 0.934. The predicted octanol–water partition coefficient (Wildman–Crippen LogP) is 3.38. The van der Waals surface area contributed by atoms with Gasteiger partial charge in [0.2, 0.25) is 5.88 Å². The van der Waals surface area contributed by atoms with Crippen molar-refractivity contribution in [2.75, 3.05) is 0 Å². The van der Waals surface area contributed by atoms with E-state index in [9.17, 15) is 4.79 Å². The highest BCUT2D eigenvalue weighted by Crippen LogP contribution is 2.30. The monoisotopic (exact) mass is 328 g/mol. The fraction of sp³-hybridized carbons (Fsp3) is 0. The molecule has 0 aliphatic rings. The molecular formula is C11H6BrClN2O3. The molecule has 0 aliphatic heterocycles. The lowest BCUT2D eigenvalue weighted by Gasteiger charge is -2.06. The second kappa shape index (κ2) is 5.32. The number of halogens is 2. The number of rotatable bonds is 3. The van der Waals surface area contributed by atoms with Gasteiger partial charge in [-0.25, -0.2) is 4.79 Å². The van der Waals surface area contributed by atoms with Crippen LogP contribution in [0.4, 0.5) is 0 Å². The molecule has 0 aliphatic carbocycles. The third-order valence-electron chi connectivity index (χ3n) is 1.97. The highest BCUT2D eigenvalue weighted by Gasteiger charge is 2.08. The maximum absolute atomic E-state index is 10.6. The zero-order valence-corrected chi connectivity index (χ0v) is 11.1. The Hall–Kier alpha value is -1.66. The summed E-state index contributed by atoms with van der Waals surface area (Å²) in [6, 6.07) is 7.83. The van der Waals surface area contributed by atoms with Crippen molar-refractivity contribution in [1.29, 1.82) is 0 Å². The highest BCUT2D eigenvalue weighted by atomic mass is 79.9. The minimum absolute atomic E-state index is 0.150. The maximum Gasteiger partial charge on any atom is 0.356 e. The second-order valence-corrected chi connectivity index (χ2v) is 4.56. The first-order valence-corrected chi connectivity index (χ1v) is 5.93. The van der Waals surface area contributed by atoms with Crippen molar-refractivity contribution in [2.45, 2.75) is 0 Å². The van der Waals surface area contributed by atoms with Crippen LogP contribution in [0.5, 0.6) is 11.6 Å². The first-order chi connectivity index (χ1) is 8.56. The van der Waals surface area contributed by atoms with E-state index < -0.39 is 5.97 Å². The molecule has 0 amide bonds. The van der Waals surface area contributed by atoms with Gasteiger partial charge in [0.25, 0.3) is 0 Å². The number of ether oxygens (including phenoxy) is 1. The smallest absolute Gasteiger partial charge is 0.356 e. The Kier molecular flexibility index (Phi) is 3.78. The van der Waals surface area contributed by atoms with Crippen molar-refractivity contribution in [3.05, 3.63) is 45.5 Å². The number of carboxylic acids is 1. The molecule has 1 N–H and O–H groups in total. The van der Waals surface area contributed by atoms with Crippen LogP contribution in [0.15, 0.2) is 34.8 Å². The van der Waals surface area contributed by atoms with Gasteiger partial charge in [0.15, 0.2) is 5.69 Å². The molecule has 0 bridgehead atoms. The van der Waals surface area contributed by atoms with E-state index in [1.165, 1.54) is 12.1 Å². The summed E-state index contributed by atoms with van der Waals surface area (Å²) in [6.07, 6.45) is 0. The lowest BCUT2D eigenvalue weighted by atomic mass is 10.3. The van der Waals surface area contributed by atoms with Crippen LogP contribution in [-0.2, 0) is 0 Å². The Morgan fingerprint density at radius 1 is 1.28 bits per heavy atom. The molecule has 0 spiro atoms. The van der Waals surface area contributed by atoms with E-state index in [1.807, 2.05) is 0 Å². The maximum atomic E-state index is 10.6. The Labute approximate surface area is 116 Å². The molecule has 0 saturated carbocycles. The summed E-state index contributed by atoms with van der Waals surface area (Å²) in [6.45, 7) is 0. The van der Waals surface area contributed by atoms with E-state index in [4.69, 9.17) is 21.4 Å². The molecule has 0 unspecified atom stereocenters. The first kappa shape index (κ1) is 12.8. The van der Waals surface area contributed by atoms with Crippen LogP contribution in [0, 0.1) is 0 Å². The molecule has 0 radical (unpaired) electrons. The average Bonchev–Trinajstić information content (AvgIpc) is 2.34. The molecule has 7 heteroatoms. The van der Waals surface area contributed by atoms with Crippen molar-refractivity contribution in [2.24, 2.45) is 0 Å². The van der Waals surface area contributed by atoms with Crippen LogP contribution in [0.25, 0.3) is 0 Å². The first-order valence-electron chi connectivity index (χ1n) is 4.76. The van der Waals surface area contributed by atoms with Crippen molar-refractivity contribution in [3.8, 4) is 11.6 Å². The largest absolute Gasteiger partial charge is 0.476 e. The van der Waals surface area contributed by atoms with Crippen molar-refractivity contribution >= 4 is 33.5 Å². The summed E-state index contributed by atoms with van der Waals surface area (Å²) in [5.74, 6) is -0.571. The Morgan fingerprint density at radius 2 is 2.06 bits per heavy atom. The Morgan fingerprint density at radius 3 is 2.67 bits per heavy atom. The van der Waals surface area contributed by atoms with Gasteiger partial charge >= 0.3 is 5.97 Å². The average molecular weight is 330 g/mol. The normalized spacial score (nSPS) is 10.1. The minimum Gasteiger partial charge on any atom is -0.476 e. The minimum atomic E-state index is -1.14. The number of benzene rings is 1. The van der Waals surface area contributed by atoms with E-state index in [2.05, 4.69) is 26.1 Å². The van der Waals surface area contributed by atoms with Crippen molar-refractivity contribution in [1.82, 2.24) is 10.2 Å². The molecule has 5 nitrogen and oxygen atoms in total. The topological polar surface area (TPSA) is 72.3 Å². The third kappa shape index (κ3) is 2.96. The van der Waals surface area contributed by atoms with Crippen LogP contribution >= 0.6 is 27.5 Å². The van der Waals surface area contributed by atoms with Gasteiger partial charge in [-0.2, -0.15) is 0 Å². The highest BCUT2D eigenvalue weighted by molar-refractivity contribution is 9.10. The number of aromatic nitrogens is 2. The third-order valence-corrected chi connectivity index (χ3v) is 2.77. The number of aromatic carboxylic acids is 1. The SMILES string of the molecule is O=C(O)c1ccc(Oc2cc(Br)ccc2Cl)nn1. The van der Waals surface area contributed by atoms with Crippen LogP contribution in [0.2, 0.25) is 5.02 Å². The standard InChI is InChI=1S/C11H6BrClN2O3/c12-6-1-2-7(13)9(5-6)18-10-4-3-8(11(16)17)14-15-10/h1-5H,(H,16,17). The van der Waals surface area contributed by atoms with E-state index >= 15 is 0 Å². The van der Waals surface area contributed by atoms with Gasteiger partial charge in [-0.15, -0.1) is 10.2 Å². The summed E-state index contributed by atoms with van der Waals surface area (Å²) in [5, 5.41) is 16.2. The van der Waals surface area contributed by atoms with Gasteiger partial charge in [-0.3, -0.25) is 0 Å². The predicted molar refractivity (Wildman–Crippen MR) is 68.2 cm³/mol. The van der Waals surface area contributed by atoms with E-state index in [0.717, 1.165) is 4.47 Å². The number of hydrogen-bond acceptors (Lipinski definition) is 4. The van der Waals surface area contributed by atoms with Crippen molar-refractivity contribution in [3.63, 3.8) is 0 Å². The van der Waals surface area contributed by atoms with Gasteiger partial charge in [-0.05, 0) is 24.3 Å². The molecule has 1 aromatic carbocycles. The molecule has 2 rings (SSSR count). The summed E-state index contributed by atoms with van der Waals surface area (Å²) < 4.78 is 6.20. The summed E-state index contributed by atoms with van der Waals surface area (Å²) >= 11 is 9.23. The van der Waals surface area contributed by atoms with E-state index in [1.54, 1.807) is 18.2 Å². The molecule has 2 aromatic rings. The lowest BCUT2D eigenvalue weighted by molar-refractivity contribution is 0.0689. The van der Waals surface area contributed by atoms with Crippen LogP contribution < -0.4 is 4.74 Å². The fourth-order valence-electron chi connectivity index (χ4n) is 1.16. The zero-order chi connectivity index (χ0) is 13.1. The summed E-state index contributed by atoms with van der Waals surface area (Å²) in [4.78, 5) is 10.6. The van der Waals surface area contributed by atoms with Crippen LogP contribution in [-0.4, -0.2) is 21.3 Å². The summed E-state index contributed by atoms with van der Waals surface area (Å²) in [7, 11) is 0. The van der Waals surface area contributed by atoms with Gasteiger partial charge < -0.3 is 9.84 Å². The van der Waals surface area contributed by atoms with Gasteiger partial charge in [0, 0.05) is 10.5 Å². The number of nitrogens with zero attached hydrogens (tertiary/aromatic N) is 2. The fourth-order valence-corrected chi connectivity index (χ4v) is 1.65. The van der Waals surface area contributed by atoms with Gasteiger partial charge in [0.1, 0.15) is 5.75 Å². The number of carbonyl (C=O) groups is 1. The molecule has 1 aromatic heterocycles. The Balaban J connectivity index is 2.23. The van der Waals surface area contributed by atoms with Gasteiger partial charge in [0.05, 0.1) is 5.02 Å². The zero-order valence-electron chi connectivity index (χ0n) is 8.80. The second-order valence-electron chi connectivity index (χ2n) is 3.24. The molecule has 0 saturated heterocycles. The van der Waals surface area contributed by atoms with Crippen molar-refractivity contribution < 1.29 is 14.6 Å².